The van der Waals surface area contributed by atoms with E-state index in [2.05, 4.69) is 55.4 Å². The van der Waals surface area contributed by atoms with E-state index in [1.165, 1.54) is 22.3 Å². The van der Waals surface area contributed by atoms with Crippen LogP contribution in [0.15, 0.2) is 0 Å². The zero-order valence-electron chi connectivity index (χ0n) is 12.2. The minimum absolute atomic E-state index is 0.249. The van der Waals surface area contributed by atoms with Crippen molar-refractivity contribution in [2.75, 3.05) is 0 Å². The lowest BCUT2D eigenvalue weighted by molar-refractivity contribution is 0.577. The van der Waals surface area contributed by atoms with E-state index in [1.54, 1.807) is 11.1 Å². The van der Waals surface area contributed by atoms with Crippen LogP contribution in [0.1, 0.15) is 61.1 Å². The number of rotatable bonds is 1. The molecule has 0 atom stereocenters. The minimum atomic E-state index is 0.249. The second-order valence-corrected chi connectivity index (χ2v) is 5.96. The molecule has 16 heavy (non-hydrogen) atoms. The zero-order valence-corrected chi connectivity index (χ0v) is 12.2. The van der Waals surface area contributed by atoms with Crippen molar-refractivity contribution in [2.45, 2.75) is 67.2 Å². The van der Waals surface area contributed by atoms with E-state index in [0.29, 0.717) is 0 Å². The molecule has 0 aliphatic heterocycles. The van der Waals surface area contributed by atoms with Crippen molar-refractivity contribution < 1.29 is 0 Å². The van der Waals surface area contributed by atoms with Crippen LogP contribution >= 0.6 is 0 Å². The van der Waals surface area contributed by atoms with Crippen molar-refractivity contribution in [1.82, 2.24) is 0 Å². The molecule has 0 nitrogen and oxygen atoms in total. The van der Waals surface area contributed by atoms with Crippen molar-refractivity contribution in [3.63, 3.8) is 0 Å². The van der Waals surface area contributed by atoms with E-state index in [-0.39, 0.29) is 5.41 Å². The molecular weight excluding hydrogens is 192 g/mol. The summed E-state index contributed by atoms with van der Waals surface area (Å²) in [5, 5.41) is 0. The average molecular weight is 218 g/mol. The quantitative estimate of drug-likeness (QED) is 0.636. The number of hydrogen-bond donors (Lipinski definition) is 0. The molecule has 0 fully saturated rings. The molecule has 1 aromatic rings. The summed E-state index contributed by atoms with van der Waals surface area (Å²) in [4.78, 5) is 0. The van der Waals surface area contributed by atoms with E-state index >= 15 is 0 Å². The lowest BCUT2D eigenvalue weighted by Crippen LogP contribution is -2.19. The fourth-order valence-electron chi connectivity index (χ4n) is 2.85. The van der Waals surface area contributed by atoms with Crippen molar-refractivity contribution >= 4 is 0 Å². The van der Waals surface area contributed by atoms with Gasteiger partial charge in [0.25, 0.3) is 0 Å². The van der Waals surface area contributed by atoms with Gasteiger partial charge in [0.05, 0.1) is 0 Å². The first kappa shape index (κ1) is 13.3. The highest BCUT2D eigenvalue weighted by Gasteiger charge is 2.23. The molecular formula is C16H26. The van der Waals surface area contributed by atoms with Gasteiger partial charge in [-0.1, -0.05) is 27.7 Å². The molecule has 0 saturated heterocycles. The van der Waals surface area contributed by atoms with Gasteiger partial charge in [0.2, 0.25) is 0 Å². The molecule has 90 valence electrons. The minimum Gasteiger partial charge on any atom is -0.0613 e. The van der Waals surface area contributed by atoms with E-state index in [0.717, 1.165) is 6.42 Å². The van der Waals surface area contributed by atoms with Gasteiger partial charge in [-0.2, -0.15) is 0 Å². The third-order valence-electron chi connectivity index (χ3n) is 3.92. The van der Waals surface area contributed by atoms with Gasteiger partial charge in [-0.3, -0.25) is 0 Å². The van der Waals surface area contributed by atoms with Crippen LogP contribution in [-0.2, 0) is 11.8 Å². The van der Waals surface area contributed by atoms with Gasteiger partial charge in [0.15, 0.2) is 0 Å². The Hall–Kier alpha value is -0.780. The molecule has 0 unspecified atom stereocenters. The Balaban J connectivity index is 3.72. The van der Waals surface area contributed by atoms with E-state index in [1.807, 2.05) is 0 Å². The fraction of sp³-hybridized carbons (Fsp3) is 0.625. The Labute approximate surface area is 101 Å². The summed E-state index contributed by atoms with van der Waals surface area (Å²) < 4.78 is 0. The summed E-state index contributed by atoms with van der Waals surface area (Å²) in [5.41, 5.74) is 9.31. The van der Waals surface area contributed by atoms with E-state index in [4.69, 9.17) is 0 Å². The van der Waals surface area contributed by atoms with Gasteiger partial charge in [-0.15, -0.1) is 0 Å². The highest BCUT2D eigenvalue weighted by molar-refractivity contribution is 5.52. The first-order chi connectivity index (χ1) is 7.21. The predicted molar refractivity (Wildman–Crippen MR) is 73.5 cm³/mol. The standard InChI is InChI=1S/C16H26/c1-9-14-12(4)10(2)11(3)13(5)15(14)16(6,7)8/h9H2,1-8H3. The number of hydrogen-bond acceptors (Lipinski definition) is 0. The molecule has 0 heteroatoms. The Kier molecular flexibility index (Phi) is 3.52. The summed E-state index contributed by atoms with van der Waals surface area (Å²) in [6.07, 6.45) is 1.14. The highest BCUT2D eigenvalue weighted by atomic mass is 14.3. The molecule has 0 saturated carbocycles. The first-order valence-electron chi connectivity index (χ1n) is 6.31. The Morgan fingerprint density at radius 2 is 1.19 bits per heavy atom. The molecule has 0 spiro atoms. The van der Waals surface area contributed by atoms with Gasteiger partial charge in [-0.25, -0.2) is 0 Å². The Morgan fingerprint density at radius 1 is 0.750 bits per heavy atom. The van der Waals surface area contributed by atoms with Crippen LogP contribution in [0.4, 0.5) is 0 Å². The van der Waals surface area contributed by atoms with Gasteiger partial charge < -0.3 is 0 Å². The van der Waals surface area contributed by atoms with Gasteiger partial charge in [0.1, 0.15) is 0 Å². The summed E-state index contributed by atoms with van der Waals surface area (Å²) >= 11 is 0. The maximum absolute atomic E-state index is 2.32. The highest BCUT2D eigenvalue weighted by Crippen LogP contribution is 2.35. The Morgan fingerprint density at radius 3 is 1.56 bits per heavy atom. The zero-order chi connectivity index (χ0) is 12.7. The largest absolute Gasteiger partial charge is 0.0613 e. The van der Waals surface area contributed by atoms with Crippen LogP contribution in [-0.4, -0.2) is 0 Å². The lowest BCUT2D eigenvalue weighted by Gasteiger charge is -2.29. The fourth-order valence-corrected chi connectivity index (χ4v) is 2.85. The SMILES string of the molecule is CCc1c(C)c(C)c(C)c(C)c1C(C)(C)C. The van der Waals surface area contributed by atoms with Crippen molar-refractivity contribution in [3.8, 4) is 0 Å². The molecule has 1 rings (SSSR count). The van der Waals surface area contributed by atoms with Gasteiger partial charge >= 0.3 is 0 Å². The van der Waals surface area contributed by atoms with E-state index < -0.39 is 0 Å². The molecule has 0 N–H and O–H groups in total. The third kappa shape index (κ3) is 2.03. The molecule has 0 aromatic heterocycles. The van der Waals surface area contributed by atoms with E-state index in [9.17, 15) is 0 Å². The molecule has 0 radical (unpaired) electrons. The summed E-state index contributed by atoms with van der Waals surface area (Å²) in [6.45, 7) is 18.3. The topological polar surface area (TPSA) is 0 Å². The van der Waals surface area contributed by atoms with Gasteiger partial charge in [-0.05, 0) is 72.9 Å². The molecule has 0 heterocycles. The Bertz CT molecular complexity index is 403. The maximum atomic E-state index is 2.32. The van der Waals surface area contributed by atoms with Crippen molar-refractivity contribution in [1.29, 1.82) is 0 Å². The summed E-state index contributed by atoms with van der Waals surface area (Å²) in [5.74, 6) is 0. The van der Waals surface area contributed by atoms with Crippen molar-refractivity contribution in [3.05, 3.63) is 33.4 Å². The monoisotopic (exact) mass is 218 g/mol. The number of benzene rings is 1. The first-order valence-corrected chi connectivity index (χ1v) is 6.31. The van der Waals surface area contributed by atoms with Crippen LogP contribution < -0.4 is 0 Å². The predicted octanol–water partition coefficient (Wildman–Crippen LogP) is 4.78. The average Bonchev–Trinajstić information content (AvgIpc) is 2.18. The second-order valence-electron chi connectivity index (χ2n) is 5.96. The second kappa shape index (κ2) is 4.24. The van der Waals surface area contributed by atoms with Crippen LogP contribution in [0, 0.1) is 27.7 Å². The molecule has 1 aromatic carbocycles. The molecule has 0 amide bonds. The van der Waals surface area contributed by atoms with Crippen molar-refractivity contribution in [2.24, 2.45) is 0 Å². The normalized spacial score (nSPS) is 12.0. The van der Waals surface area contributed by atoms with Crippen LogP contribution in [0.25, 0.3) is 0 Å². The molecule has 0 aliphatic carbocycles. The maximum Gasteiger partial charge on any atom is -0.0126 e. The third-order valence-corrected chi connectivity index (χ3v) is 3.92. The lowest BCUT2D eigenvalue weighted by atomic mass is 9.76. The summed E-state index contributed by atoms with van der Waals surface area (Å²) in [6, 6.07) is 0. The van der Waals surface area contributed by atoms with Gasteiger partial charge in [0, 0.05) is 0 Å². The smallest absolute Gasteiger partial charge is 0.0126 e. The van der Waals surface area contributed by atoms with Crippen LogP contribution in [0.2, 0.25) is 0 Å². The molecule has 0 bridgehead atoms. The van der Waals surface area contributed by atoms with Crippen LogP contribution in [0.3, 0.4) is 0 Å². The molecule has 0 aliphatic rings. The summed E-state index contributed by atoms with van der Waals surface area (Å²) in [7, 11) is 0. The van der Waals surface area contributed by atoms with Crippen LogP contribution in [0.5, 0.6) is 0 Å².